The molecule has 0 radical (unpaired) electrons. The number of halogens is 1. The zero-order chi connectivity index (χ0) is 25.6. The van der Waals surface area contributed by atoms with Gasteiger partial charge in [-0.1, -0.05) is 47.6 Å². The number of ether oxygens (including phenoxy) is 1. The fourth-order valence-corrected chi connectivity index (χ4v) is 4.72. The zero-order valence-electron chi connectivity index (χ0n) is 20.4. The topological polar surface area (TPSA) is 81.6 Å². The van der Waals surface area contributed by atoms with Crippen LogP contribution in [-0.4, -0.2) is 28.1 Å². The highest BCUT2D eigenvalue weighted by Gasteiger charge is 2.22. The van der Waals surface area contributed by atoms with Crippen LogP contribution < -0.4 is 4.74 Å². The molecule has 7 nitrogen and oxygen atoms in total. The van der Waals surface area contributed by atoms with Crippen LogP contribution in [0, 0.1) is 21.8 Å². The van der Waals surface area contributed by atoms with Crippen molar-refractivity contribution in [2.24, 2.45) is 5.92 Å². The van der Waals surface area contributed by atoms with E-state index in [1.54, 1.807) is 12.1 Å². The lowest BCUT2D eigenvalue weighted by atomic mass is 9.90. The van der Waals surface area contributed by atoms with E-state index in [1.165, 1.54) is 23.8 Å². The predicted molar refractivity (Wildman–Crippen MR) is 137 cm³/mol. The molecule has 0 spiro atoms. The van der Waals surface area contributed by atoms with E-state index in [-0.39, 0.29) is 23.9 Å². The van der Waals surface area contributed by atoms with E-state index < -0.39 is 4.92 Å². The van der Waals surface area contributed by atoms with Crippen molar-refractivity contribution in [1.29, 1.82) is 0 Å². The van der Waals surface area contributed by atoms with Crippen molar-refractivity contribution in [1.82, 2.24) is 10.1 Å². The van der Waals surface area contributed by atoms with Gasteiger partial charge in [0.1, 0.15) is 18.1 Å². The highest BCUT2D eigenvalue weighted by Crippen LogP contribution is 2.33. The standard InChI is InChI=1S/C29H28FN3O4/c30-25-9-6-21(7-10-25)16-22-12-14-32(15-13-22)19-26-18-27(31-37-26)24-8-11-28(33(34)35)29(17-24)36-20-23-4-2-1-3-5-23/h1-11,17-18,22H,12-16,19-20H2. The Balaban J connectivity index is 1.20. The zero-order valence-corrected chi connectivity index (χ0v) is 20.4. The van der Waals surface area contributed by atoms with Crippen LogP contribution in [0.3, 0.4) is 0 Å². The fraction of sp³-hybridized carbons (Fsp3) is 0.276. The monoisotopic (exact) mass is 501 g/mol. The number of nitrogens with zero attached hydrogens (tertiary/aromatic N) is 3. The Morgan fingerprint density at radius 1 is 1.00 bits per heavy atom. The van der Waals surface area contributed by atoms with Crippen molar-refractivity contribution in [3.05, 3.63) is 112 Å². The Kier molecular flexibility index (Phi) is 7.56. The average Bonchev–Trinajstić information content (AvgIpc) is 3.39. The minimum atomic E-state index is -0.446. The summed E-state index contributed by atoms with van der Waals surface area (Å²) in [4.78, 5) is 13.4. The first-order valence-corrected chi connectivity index (χ1v) is 12.4. The maximum Gasteiger partial charge on any atom is 0.310 e. The van der Waals surface area contributed by atoms with Gasteiger partial charge in [0.2, 0.25) is 0 Å². The molecule has 5 rings (SSSR count). The molecule has 0 bridgehead atoms. The van der Waals surface area contributed by atoms with Crippen molar-refractivity contribution in [2.75, 3.05) is 13.1 Å². The normalized spacial score (nSPS) is 14.5. The molecule has 1 aromatic heterocycles. The van der Waals surface area contributed by atoms with Gasteiger partial charge in [0.15, 0.2) is 11.5 Å². The fourth-order valence-electron chi connectivity index (χ4n) is 4.72. The van der Waals surface area contributed by atoms with Crippen LogP contribution in [0.4, 0.5) is 10.1 Å². The van der Waals surface area contributed by atoms with E-state index in [2.05, 4.69) is 10.1 Å². The number of piperidine rings is 1. The molecular formula is C29H28FN3O4. The number of rotatable bonds is 9. The molecule has 2 heterocycles. The smallest absolute Gasteiger partial charge is 0.310 e. The first-order valence-electron chi connectivity index (χ1n) is 12.4. The van der Waals surface area contributed by atoms with Crippen LogP contribution >= 0.6 is 0 Å². The third-order valence-corrected chi connectivity index (χ3v) is 6.77. The molecule has 0 aliphatic carbocycles. The van der Waals surface area contributed by atoms with Gasteiger partial charge in [0.25, 0.3) is 0 Å². The highest BCUT2D eigenvalue weighted by molar-refractivity contribution is 5.65. The van der Waals surface area contributed by atoms with Gasteiger partial charge in [-0.05, 0) is 73.7 Å². The summed E-state index contributed by atoms with van der Waals surface area (Å²) in [5, 5.41) is 15.7. The van der Waals surface area contributed by atoms with Crippen molar-refractivity contribution < 1.29 is 18.6 Å². The van der Waals surface area contributed by atoms with Gasteiger partial charge in [-0.3, -0.25) is 15.0 Å². The van der Waals surface area contributed by atoms with Gasteiger partial charge < -0.3 is 9.26 Å². The molecule has 8 heteroatoms. The van der Waals surface area contributed by atoms with Crippen LogP contribution in [0.15, 0.2) is 83.4 Å². The van der Waals surface area contributed by atoms with E-state index in [9.17, 15) is 14.5 Å². The van der Waals surface area contributed by atoms with Crippen molar-refractivity contribution in [3.63, 3.8) is 0 Å². The van der Waals surface area contributed by atoms with E-state index in [0.717, 1.165) is 43.7 Å². The maximum absolute atomic E-state index is 13.1. The molecule has 0 atom stereocenters. The summed E-state index contributed by atoms with van der Waals surface area (Å²) >= 11 is 0. The third kappa shape index (κ3) is 6.40. The molecule has 1 aliphatic heterocycles. The molecule has 3 aromatic carbocycles. The van der Waals surface area contributed by atoms with Gasteiger partial charge in [-0.2, -0.15) is 0 Å². The third-order valence-electron chi connectivity index (χ3n) is 6.77. The lowest BCUT2D eigenvalue weighted by molar-refractivity contribution is -0.385. The summed E-state index contributed by atoms with van der Waals surface area (Å²) in [6, 6.07) is 22.9. The lowest BCUT2D eigenvalue weighted by Gasteiger charge is -2.31. The Hall–Kier alpha value is -4.04. The van der Waals surface area contributed by atoms with Gasteiger partial charge in [-0.25, -0.2) is 4.39 Å². The van der Waals surface area contributed by atoms with E-state index in [4.69, 9.17) is 9.26 Å². The maximum atomic E-state index is 13.1. The molecule has 4 aromatic rings. The summed E-state index contributed by atoms with van der Waals surface area (Å²) in [6.45, 7) is 2.79. The first-order chi connectivity index (χ1) is 18.0. The SMILES string of the molecule is O=[N+]([O-])c1ccc(-c2cc(CN3CCC(Cc4ccc(F)cc4)CC3)on2)cc1OCc1ccccc1. The highest BCUT2D eigenvalue weighted by atomic mass is 19.1. The van der Waals surface area contributed by atoms with Gasteiger partial charge in [0.05, 0.1) is 11.5 Å². The van der Waals surface area contributed by atoms with Crippen LogP contribution in [0.2, 0.25) is 0 Å². The minimum Gasteiger partial charge on any atom is -0.482 e. The quantitative estimate of drug-likeness (QED) is 0.194. The Labute approximate surface area is 214 Å². The summed E-state index contributed by atoms with van der Waals surface area (Å²) in [5.74, 6) is 1.33. The predicted octanol–water partition coefficient (Wildman–Crippen LogP) is 6.42. The molecule has 0 saturated carbocycles. The van der Waals surface area contributed by atoms with Crippen LogP contribution in [0.5, 0.6) is 5.75 Å². The summed E-state index contributed by atoms with van der Waals surface area (Å²) in [5.41, 5.74) is 3.32. The second-order valence-electron chi connectivity index (χ2n) is 9.44. The molecule has 1 aliphatic rings. The van der Waals surface area contributed by atoms with Crippen molar-refractivity contribution >= 4 is 5.69 Å². The molecule has 190 valence electrons. The van der Waals surface area contributed by atoms with Crippen molar-refractivity contribution in [2.45, 2.75) is 32.4 Å². The second-order valence-corrected chi connectivity index (χ2v) is 9.44. The van der Waals surface area contributed by atoms with Gasteiger partial charge >= 0.3 is 5.69 Å². The number of hydrogen-bond donors (Lipinski definition) is 0. The minimum absolute atomic E-state index is 0.0908. The molecular weight excluding hydrogens is 473 g/mol. The molecule has 0 amide bonds. The second kappa shape index (κ2) is 11.3. The average molecular weight is 502 g/mol. The number of benzene rings is 3. The summed E-state index contributed by atoms with van der Waals surface area (Å²) in [7, 11) is 0. The van der Waals surface area contributed by atoms with E-state index in [1.807, 2.05) is 48.5 Å². The number of likely N-dealkylation sites (tertiary alicyclic amines) is 1. The van der Waals surface area contributed by atoms with Crippen LogP contribution in [0.1, 0.15) is 29.7 Å². The molecule has 0 unspecified atom stereocenters. The lowest BCUT2D eigenvalue weighted by Crippen LogP contribution is -2.33. The van der Waals surface area contributed by atoms with E-state index >= 15 is 0 Å². The van der Waals surface area contributed by atoms with Crippen molar-refractivity contribution in [3.8, 4) is 17.0 Å². The molecule has 37 heavy (non-hydrogen) atoms. The number of nitro groups is 1. The number of hydrogen-bond acceptors (Lipinski definition) is 6. The number of aromatic nitrogens is 1. The Morgan fingerprint density at radius 2 is 1.76 bits per heavy atom. The Bertz CT molecular complexity index is 1330. The van der Waals surface area contributed by atoms with Gasteiger partial charge in [0, 0.05) is 17.7 Å². The molecule has 1 saturated heterocycles. The molecule has 1 fully saturated rings. The number of nitro benzene ring substituents is 1. The van der Waals surface area contributed by atoms with Crippen LogP contribution in [-0.2, 0) is 19.6 Å². The summed E-state index contributed by atoms with van der Waals surface area (Å²) < 4.78 is 24.6. The molecule has 0 N–H and O–H groups in total. The van der Waals surface area contributed by atoms with Gasteiger partial charge in [-0.15, -0.1) is 0 Å². The Morgan fingerprint density at radius 3 is 2.49 bits per heavy atom. The first kappa shape index (κ1) is 24.6. The van der Waals surface area contributed by atoms with Crippen LogP contribution in [0.25, 0.3) is 11.3 Å². The van der Waals surface area contributed by atoms with E-state index in [0.29, 0.717) is 23.7 Å². The largest absolute Gasteiger partial charge is 0.482 e. The summed E-state index contributed by atoms with van der Waals surface area (Å²) in [6.07, 6.45) is 3.11.